The third kappa shape index (κ3) is 4.44. The summed E-state index contributed by atoms with van der Waals surface area (Å²) < 4.78 is 41.1. The molecule has 1 fully saturated rings. The fourth-order valence-corrected chi connectivity index (χ4v) is 4.02. The van der Waals surface area contributed by atoms with Crippen LogP contribution in [0.3, 0.4) is 0 Å². The van der Waals surface area contributed by atoms with Gasteiger partial charge in [-0.15, -0.1) is 0 Å². The Hall–Kier alpha value is -3.94. The number of hydrogen-bond donors (Lipinski definition) is 0. The molecule has 8 heteroatoms. The van der Waals surface area contributed by atoms with E-state index in [9.17, 15) is 9.18 Å². The van der Waals surface area contributed by atoms with Gasteiger partial charge in [0.25, 0.3) is 5.91 Å². The molecule has 0 aliphatic carbocycles. The average Bonchev–Trinajstić information content (AvgIpc) is 2.88. The van der Waals surface area contributed by atoms with E-state index in [0.29, 0.717) is 35.3 Å². The maximum atomic E-state index is 13.4. The first-order chi connectivity index (χ1) is 16.5. The number of rotatable bonds is 9. The van der Waals surface area contributed by atoms with E-state index in [1.165, 1.54) is 33.5 Å². The number of benzene rings is 3. The molecule has 1 aliphatic rings. The molecule has 0 bridgehead atoms. The van der Waals surface area contributed by atoms with Crippen molar-refractivity contribution in [2.24, 2.45) is 0 Å². The number of methoxy groups -OCH3 is 4. The van der Waals surface area contributed by atoms with Crippen LogP contribution >= 0.6 is 0 Å². The van der Waals surface area contributed by atoms with Gasteiger partial charge in [-0.2, -0.15) is 0 Å². The molecule has 7 nitrogen and oxygen atoms in total. The van der Waals surface area contributed by atoms with Crippen molar-refractivity contribution >= 4 is 5.91 Å². The monoisotopic (exact) mass is 467 g/mol. The second kappa shape index (κ2) is 9.91. The van der Waals surface area contributed by atoms with Gasteiger partial charge in [0.15, 0.2) is 11.5 Å². The second-order valence-corrected chi connectivity index (χ2v) is 7.71. The lowest BCUT2D eigenvalue weighted by molar-refractivity contribution is -0.165. The van der Waals surface area contributed by atoms with Crippen LogP contribution in [0.2, 0.25) is 0 Å². The molecule has 0 radical (unpaired) electrons. The van der Waals surface area contributed by atoms with Gasteiger partial charge >= 0.3 is 0 Å². The van der Waals surface area contributed by atoms with E-state index in [1.54, 1.807) is 60.5 Å². The van der Waals surface area contributed by atoms with Crippen molar-refractivity contribution in [1.29, 1.82) is 0 Å². The van der Waals surface area contributed by atoms with Crippen molar-refractivity contribution in [3.63, 3.8) is 0 Å². The molecule has 3 aromatic carbocycles. The molecule has 4 rings (SSSR count). The number of β-lactam (4-membered cyclic amide) rings is 1. The molecule has 178 valence electrons. The van der Waals surface area contributed by atoms with Gasteiger partial charge in [-0.1, -0.05) is 12.1 Å². The van der Waals surface area contributed by atoms with E-state index < -0.39 is 12.1 Å². The van der Waals surface area contributed by atoms with Crippen molar-refractivity contribution in [2.75, 3.05) is 28.4 Å². The molecule has 2 atom stereocenters. The Morgan fingerprint density at radius 2 is 1.38 bits per heavy atom. The summed E-state index contributed by atoms with van der Waals surface area (Å²) in [6.45, 7) is 0.295. The van der Waals surface area contributed by atoms with Crippen molar-refractivity contribution in [3.05, 3.63) is 77.6 Å². The van der Waals surface area contributed by atoms with Crippen LogP contribution in [-0.2, 0) is 11.3 Å². The summed E-state index contributed by atoms with van der Waals surface area (Å²) in [5.74, 6) is 2.11. The summed E-state index contributed by atoms with van der Waals surface area (Å²) in [7, 11) is 6.19. The Labute approximate surface area is 197 Å². The Morgan fingerprint density at radius 3 is 1.91 bits per heavy atom. The zero-order chi connectivity index (χ0) is 24.2. The van der Waals surface area contributed by atoms with Crippen LogP contribution in [0, 0.1) is 5.82 Å². The summed E-state index contributed by atoms with van der Waals surface area (Å²) in [4.78, 5) is 14.9. The highest BCUT2D eigenvalue weighted by molar-refractivity contribution is 5.89. The SMILES string of the molecule is COc1ccc(O[C@@H]2C(=O)N(Cc3ccc(F)cc3)[C@@H]2c2cc(OC)c(OC)c(OC)c2)cc1. The highest BCUT2D eigenvalue weighted by atomic mass is 19.1. The summed E-state index contributed by atoms with van der Waals surface area (Å²) in [5.41, 5.74) is 1.56. The third-order valence-corrected chi connectivity index (χ3v) is 5.77. The lowest BCUT2D eigenvalue weighted by atomic mass is 9.89. The van der Waals surface area contributed by atoms with Crippen molar-refractivity contribution in [2.45, 2.75) is 18.7 Å². The number of nitrogens with zero attached hydrogens (tertiary/aromatic N) is 1. The number of halogens is 1. The van der Waals surface area contributed by atoms with Gasteiger partial charge in [0, 0.05) is 6.54 Å². The smallest absolute Gasteiger partial charge is 0.267 e. The summed E-state index contributed by atoms with van der Waals surface area (Å²) in [6, 6.07) is 16.3. The van der Waals surface area contributed by atoms with E-state index >= 15 is 0 Å². The number of likely N-dealkylation sites (tertiary alicyclic amines) is 1. The minimum Gasteiger partial charge on any atom is -0.497 e. The van der Waals surface area contributed by atoms with Gasteiger partial charge < -0.3 is 28.6 Å². The Balaban J connectivity index is 1.70. The lowest BCUT2D eigenvalue weighted by Crippen LogP contribution is -2.60. The minimum absolute atomic E-state index is 0.182. The topological polar surface area (TPSA) is 66.5 Å². The maximum absolute atomic E-state index is 13.4. The average molecular weight is 467 g/mol. The first kappa shape index (κ1) is 23.2. The fourth-order valence-electron chi connectivity index (χ4n) is 4.02. The highest BCUT2D eigenvalue weighted by Crippen LogP contribution is 2.45. The van der Waals surface area contributed by atoms with E-state index in [2.05, 4.69) is 0 Å². The Kier molecular flexibility index (Phi) is 6.77. The van der Waals surface area contributed by atoms with Crippen molar-refractivity contribution in [1.82, 2.24) is 4.90 Å². The van der Waals surface area contributed by atoms with E-state index in [4.69, 9.17) is 23.7 Å². The first-order valence-corrected chi connectivity index (χ1v) is 10.6. The lowest BCUT2D eigenvalue weighted by Gasteiger charge is -2.47. The molecular formula is C26H26FNO6. The normalized spacial score (nSPS) is 17.1. The van der Waals surface area contributed by atoms with E-state index in [1.807, 2.05) is 0 Å². The van der Waals surface area contributed by atoms with Gasteiger partial charge in [0.1, 0.15) is 23.4 Å². The fraction of sp³-hybridized carbons (Fsp3) is 0.269. The highest BCUT2D eigenvalue weighted by Gasteiger charge is 2.50. The maximum Gasteiger partial charge on any atom is 0.267 e. The predicted octanol–water partition coefficient (Wildman–Crippen LogP) is 4.39. The van der Waals surface area contributed by atoms with Crippen LogP contribution in [0.5, 0.6) is 28.7 Å². The molecule has 0 aromatic heterocycles. The van der Waals surface area contributed by atoms with Crippen LogP contribution in [0.15, 0.2) is 60.7 Å². The standard InChI is InChI=1S/C26H26FNO6/c1-30-19-9-11-20(12-10-19)34-25-23(17-13-21(31-2)24(33-4)22(14-17)32-3)28(26(25)29)15-16-5-7-18(27)8-6-16/h5-14,23,25H,15H2,1-4H3/t23-,25+/m1/s1. The van der Waals surface area contributed by atoms with Gasteiger partial charge in [0.2, 0.25) is 11.9 Å². The van der Waals surface area contributed by atoms with Crippen molar-refractivity contribution < 1.29 is 32.9 Å². The molecule has 1 amide bonds. The number of ether oxygens (including phenoxy) is 5. The largest absolute Gasteiger partial charge is 0.497 e. The van der Waals surface area contributed by atoms with Gasteiger partial charge in [0.05, 0.1) is 28.4 Å². The van der Waals surface area contributed by atoms with E-state index in [0.717, 1.165) is 11.1 Å². The van der Waals surface area contributed by atoms with Gasteiger partial charge in [-0.05, 0) is 59.7 Å². The minimum atomic E-state index is -0.767. The number of carbonyl (C=O) groups is 1. The first-order valence-electron chi connectivity index (χ1n) is 10.6. The van der Waals surface area contributed by atoms with Crippen LogP contribution in [0.25, 0.3) is 0 Å². The molecule has 1 aliphatic heterocycles. The summed E-state index contributed by atoms with van der Waals surface area (Å²) >= 11 is 0. The van der Waals surface area contributed by atoms with Crippen LogP contribution in [-0.4, -0.2) is 45.4 Å². The Morgan fingerprint density at radius 1 is 0.794 bits per heavy atom. The number of amides is 1. The van der Waals surface area contributed by atoms with Crippen LogP contribution < -0.4 is 23.7 Å². The molecule has 0 unspecified atom stereocenters. The number of carbonyl (C=O) groups excluding carboxylic acids is 1. The van der Waals surface area contributed by atoms with Gasteiger partial charge in [-0.3, -0.25) is 4.79 Å². The molecule has 1 heterocycles. The second-order valence-electron chi connectivity index (χ2n) is 7.71. The van der Waals surface area contributed by atoms with Crippen LogP contribution in [0.1, 0.15) is 17.2 Å². The number of hydrogen-bond acceptors (Lipinski definition) is 6. The summed E-state index contributed by atoms with van der Waals surface area (Å²) in [6.07, 6.45) is -0.767. The quantitative estimate of drug-likeness (QED) is 0.435. The van der Waals surface area contributed by atoms with Crippen molar-refractivity contribution in [3.8, 4) is 28.7 Å². The summed E-state index contributed by atoms with van der Waals surface area (Å²) in [5, 5.41) is 0. The molecule has 1 saturated heterocycles. The molecular weight excluding hydrogens is 441 g/mol. The molecule has 0 N–H and O–H groups in total. The third-order valence-electron chi connectivity index (χ3n) is 5.77. The van der Waals surface area contributed by atoms with E-state index in [-0.39, 0.29) is 11.7 Å². The Bertz CT molecular complexity index is 1120. The molecule has 0 saturated carbocycles. The molecule has 3 aromatic rings. The molecule has 34 heavy (non-hydrogen) atoms. The molecule has 0 spiro atoms. The zero-order valence-corrected chi connectivity index (χ0v) is 19.4. The van der Waals surface area contributed by atoms with Crippen LogP contribution in [0.4, 0.5) is 4.39 Å². The zero-order valence-electron chi connectivity index (χ0n) is 19.4. The predicted molar refractivity (Wildman–Crippen MR) is 123 cm³/mol. The van der Waals surface area contributed by atoms with Gasteiger partial charge in [-0.25, -0.2) is 4.39 Å².